The van der Waals surface area contributed by atoms with E-state index in [9.17, 15) is 14.6 Å². The smallest absolute Gasteiger partial charge is 0.143 e. The Labute approximate surface area is 203 Å². The Bertz CT molecular complexity index is 1490. The van der Waals surface area contributed by atoms with E-state index in [4.69, 9.17) is 16.3 Å². The number of hydrogen-bond acceptors (Lipinski definition) is 7. The molecule has 0 aliphatic heterocycles. The third-order valence-corrected chi connectivity index (χ3v) is 6.69. The number of nitrogens with zero attached hydrogens (tertiary/aromatic N) is 2. The molecule has 34 heavy (non-hydrogen) atoms. The molecule has 2 heterocycles. The molecule has 1 atom stereocenters. The van der Waals surface area contributed by atoms with E-state index < -0.39 is 6.10 Å². The Balaban J connectivity index is 1.40. The van der Waals surface area contributed by atoms with Crippen molar-refractivity contribution in [3.63, 3.8) is 0 Å². The normalized spacial score (nSPS) is 12.2. The molecule has 3 N–H and O–H groups in total. The highest BCUT2D eigenvalue weighted by Gasteiger charge is 2.15. The predicted octanol–water partition coefficient (Wildman–Crippen LogP) is 5.99. The lowest BCUT2D eigenvalue weighted by Crippen LogP contribution is -2.01. The summed E-state index contributed by atoms with van der Waals surface area (Å²) in [7, 11) is 0. The van der Waals surface area contributed by atoms with E-state index in [1.165, 1.54) is 29.8 Å². The van der Waals surface area contributed by atoms with Crippen LogP contribution < -0.4 is 10.1 Å². The molecular formula is C25H19ClFN3O3S. The highest BCUT2D eigenvalue weighted by Crippen LogP contribution is 2.38. The molecule has 0 spiro atoms. The maximum absolute atomic E-state index is 13.4. The van der Waals surface area contributed by atoms with E-state index in [0.717, 1.165) is 26.0 Å². The van der Waals surface area contributed by atoms with Crippen LogP contribution in [-0.2, 0) is 6.61 Å². The number of aliphatic hydroxyl groups is 2. The summed E-state index contributed by atoms with van der Waals surface area (Å²) in [6.45, 7) is -0.142. The van der Waals surface area contributed by atoms with Crippen LogP contribution in [0.5, 0.6) is 5.75 Å². The molecule has 6 nitrogen and oxygen atoms in total. The zero-order valence-electron chi connectivity index (χ0n) is 17.7. The van der Waals surface area contributed by atoms with Gasteiger partial charge in [-0.25, -0.2) is 14.4 Å². The molecule has 2 aromatic heterocycles. The van der Waals surface area contributed by atoms with E-state index in [2.05, 4.69) is 15.3 Å². The molecule has 0 saturated carbocycles. The summed E-state index contributed by atoms with van der Waals surface area (Å²) in [6, 6.07) is 17.1. The number of rotatable bonds is 7. The van der Waals surface area contributed by atoms with Crippen molar-refractivity contribution in [2.24, 2.45) is 0 Å². The van der Waals surface area contributed by atoms with Crippen molar-refractivity contribution in [2.45, 2.75) is 12.7 Å². The van der Waals surface area contributed by atoms with E-state index in [1.807, 2.05) is 18.2 Å². The van der Waals surface area contributed by atoms with Gasteiger partial charge in [0, 0.05) is 15.8 Å². The first-order chi connectivity index (χ1) is 16.5. The first-order valence-electron chi connectivity index (χ1n) is 10.4. The SMILES string of the molecule is OCC(O)c1ccc2c(c1)sc1ncnc(Nc3ccc(OCc4cccc(F)c4)c(Cl)c3)c12. The monoisotopic (exact) mass is 495 g/mol. The van der Waals surface area contributed by atoms with Gasteiger partial charge in [0.1, 0.15) is 41.3 Å². The molecule has 0 aliphatic rings. The minimum absolute atomic E-state index is 0.199. The van der Waals surface area contributed by atoms with E-state index in [0.29, 0.717) is 27.7 Å². The van der Waals surface area contributed by atoms with Crippen molar-refractivity contribution in [1.82, 2.24) is 9.97 Å². The van der Waals surface area contributed by atoms with E-state index in [1.54, 1.807) is 30.3 Å². The molecule has 0 radical (unpaired) electrons. The van der Waals surface area contributed by atoms with Gasteiger partial charge >= 0.3 is 0 Å². The summed E-state index contributed by atoms with van der Waals surface area (Å²) < 4.78 is 20.1. The van der Waals surface area contributed by atoms with Crippen molar-refractivity contribution in [3.8, 4) is 5.75 Å². The molecule has 0 bridgehead atoms. The highest BCUT2D eigenvalue weighted by molar-refractivity contribution is 7.25. The Kier molecular flexibility index (Phi) is 6.30. The fraction of sp³-hybridized carbons (Fsp3) is 0.120. The number of aliphatic hydroxyl groups excluding tert-OH is 2. The highest BCUT2D eigenvalue weighted by atomic mass is 35.5. The van der Waals surface area contributed by atoms with Gasteiger partial charge in [0.05, 0.1) is 17.0 Å². The minimum atomic E-state index is -0.929. The van der Waals surface area contributed by atoms with Gasteiger partial charge in [-0.3, -0.25) is 0 Å². The van der Waals surface area contributed by atoms with E-state index in [-0.39, 0.29) is 19.0 Å². The molecule has 9 heteroatoms. The van der Waals surface area contributed by atoms with Gasteiger partial charge in [-0.05, 0) is 47.5 Å². The average Bonchev–Trinajstić information content (AvgIpc) is 3.22. The molecule has 3 aromatic carbocycles. The van der Waals surface area contributed by atoms with Crippen molar-refractivity contribution in [3.05, 3.63) is 89.0 Å². The van der Waals surface area contributed by atoms with Gasteiger partial charge in [-0.2, -0.15) is 0 Å². The van der Waals surface area contributed by atoms with Crippen LogP contribution in [0.2, 0.25) is 5.02 Å². The second-order valence-electron chi connectivity index (χ2n) is 7.65. The second-order valence-corrected chi connectivity index (χ2v) is 9.09. The number of nitrogens with one attached hydrogen (secondary N) is 1. The third-order valence-electron chi connectivity index (χ3n) is 5.33. The summed E-state index contributed by atoms with van der Waals surface area (Å²) in [4.78, 5) is 9.60. The average molecular weight is 496 g/mol. The van der Waals surface area contributed by atoms with E-state index >= 15 is 0 Å². The van der Waals surface area contributed by atoms with Crippen molar-refractivity contribution in [1.29, 1.82) is 0 Å². The third kappa shape index (κ3) is 4.53. The largest absolute Gasteiger partial charge is 0.487 e. The zero-order valence-corrected chi connectivity index (χ0v) is 19.3. The lowest BCUT2D eigenvalue weighted by Gasteiger charge is -2.11. The van der Waals surface area contributed by atoms with Gasteiger partial charge in [-0.15, -0.1) is 11.3 Å². The summed E-state index contributed by atoms with van der Waals surface area (Å²) in [6.07, 6.45) is 0.559. The maximum atomic E-state index is 13.4. The number of anilines is 2. The summed E-state index contributed by atoms with van der Waals surface area (Å²) in [5.74, 6) is 0.793. The molecule has 1 unspecified atom stereocenters. The number of hydrogen-bond donors (Lipinski definition) is 3. The quantitative estimate of drug-likeness (QED) is 0.257. The predicted molar refractivity (Wildman–Crippen MR) is 132 cm³/mol. The van der Waals surface area contributed by atoms with Gasteiger partial charge in [0.15, 0.2) is 0 Å². The van der Waals surface area contributed by atoms with Crippen LogP contribution in [-0.4, -0.2) is 26.8 Å². The number of ether oxygens (including phenoxy) is 1. The van der Waals surface area contributed by atoms with Crippen LogP contribution in [0.25, 0.3) is 20.3 Å². The number of thiophene rings is 1. The van der Waals surface area contributed by atoms with Crippen molar-refractivity contribution < 1.29 is 19.3 Å². The zero-order chi connectivity index (χ0) is 23.7. The second kappa shape index (κ2) is 9.52. The lowest BCUT2D eigenvalue weighted by atomic mass is 10.1. The molecule has 0 saturated heterocycles. The van der Waals surface area contributed by atoms with Crippen molar-refractivity contribution >= 4 is 54.7 Å². The van der Waals surface area contributed by atoms with Crippen LogP contribution in [0.15, 0.2) is 67.0 Å². The fourth-order valence-corrected chi connectivity index (χ4v) is 4.98. The molecule has 0 fully saturated rings. The van der Waals surface area contributed by atoms with Gasteiger partial charge in [-0.1, -0.05) is 35.9 Å². The molecule has 172 valence electrons. The van der Waals surface area contributed by atoms with Crippen LogP contribution in [0.4, 0.5) is 15.9 Å². The molecule has 0 aliphatic carbocycles. The summed E-state index contributed by atoms with van der Waals surface area (Å²) in [5.41, 5.74) is 2.07. The van der Waals surface area contributed by atoms with Gasteiger partial charge in [0.25, 0.3) is 0 Å². The Hall–Kier alpha value is -3.30. The topological polar surface area (TPSA) is 87.5 Å². The Morgan fingerprint density at radius 3 is 2.76 bits per heavy atom. The minimum Gasteiger partial charge on any atom is -0.487 e. The van der Waals surface area contributed by atoms with Crippen molar-refractivity contribution in [2.75, 3.05) is 11.9 Å². The van der Waals surface area contributed by atoms with Crippen LogP contribution >= 0.6 is 22.9 Å². The number of halogens is 2. The van der Waals surface area contributed by atoms with Gasteiger partial charge < -0.3 is 20.3 Å². The molecular weight excluding hydrogens is 477 g/mol. The van der Waals surface area contributed by atoms with Crippen LogP contribution in [0, 0.1) is 5.82 Å². The standard InChI is InChI=1S/C25H19ClFN3O3S/c26-19-10-17(5-7-21(19)33-12-14-2-1-3-16(27)8-14)30-24-23-18-6-4-15(20(32)11-31)9-22(18)34-25(23)29-13-28-24/h1-10,13,20,31-32H,11-12H2,(H,28,29,30). The molecule has 5 aromatic rings. The lowest BCUT2D eigenvalue weighted by molar-refractivity contribution is 0.0957. The van der Waals surface area contributed by atoms with Gasteiger partial charge in [0.2, 0.25) is 0 Å². The number of benzene rings is 3. The first kappa shape index (κ1) is 22.5. The van der Waals surface area contributed by atoms with Crippen LogP contribution in [0.3, 0.4) is 0 Å². The fourth-order valence-electron chi connectivity index (χ4n) is 3.65. The number of fused-ring (bicyclic) bond motifs is 3. The summed E-state index contributed by atoms with van der Waals surface area (Å²) in [5, 5.41) is 24.7. The van der Waals surface area contributed by atoms with Crippen LogP contribution in [0.1, 0.15) is 17.2 Å². The first-order valence-corrected chi connectivity index (χ1v) is 11.6. The Morgan fingerprint density at radius 1 is 1.09 bits per heavy atom. The molecule has 5 rings (SSSR count). The maximum Gasteiger partial charge on any atom is 0.143 e. The number of aromatic nitrogens is 2. The Morgan fingerprint density at radius 2 is 1.97 bits per heavy atom. The molecule has 0 amide bonds. The summed E-state index contributed by atoms with van der Waals surface area (Å²) >= 11 is 7.92.